The van der Waals surface area contributed by atoms with E-state index in [0.717, 1.165) is 10.4 Å². The Hall–Kier alpha value is -1.66. The lowest BCUT2D eigenvalue weighted by Gasteiger charge is -2.18. The van der Waals surface area contributed by atoms with Crippen molar-refractivity contribution in [3.8, 4) is 0 Å². The minimum atomic E-state index is -3.57. The first-order valence-corrected chi connectivity index (χ1v) is 10.4. The number of amides is 1. The molecule has 0 unspecified atom stereocenters. The van der Waals surface area contributed by atoms with Gasteiger partial charge in [0.25, 0.3) is 0 Å². The Morgan fingerprint density at radius 3 is 2.33 bits per heavy atom. The van der Waals surface area contributed by atoms with Gasteiger partial charge in [0.15, 0.2) is 9.84 Å². The average molecular weight is 366 g/mol. The van der Waals surface area contributed by atoms with Gasteiger partial charge in [-0.1, -0.05) is 39.0 Å². The number of hydrogen-bond acceptors (Lipinski definition) is 4. The van der Waals surface area contributed by atoms with E-state index < -0.39 is 15.1 Å². The number of sulfone groups is 1. The summed E-state index contributed by atoms with van der Waals surface area (Å²) >= 11 is 1.39. The van der Waals surface area contributed by atoms with Crippen LogP contribution >= 0.6 is 11.3 Å². The highest BCUT2D eigenvalue weighted by molar-refractivity contribution is 7.91. The van der Waals surface area contributed by atoms with Crippen LogP contribution in [0.1, 0.15) is 48.8 Å². The summed E-state index contributed by atoms with van der Waals surface area (Å²) < 4.78 is 26.1. The number of carbonyl (C=O) groups is 1. The van der Waals surface area contributed by atoms with Gasteiger partial charge in [0.2, 0.25) is 5.91 Å². The minimum Gasteiger partial charge on any atom is -0.354 e. The molecule has 0 aliphatic carbocycles. The van der Waals surface area contributed by atoms with Crippen LogP contribution in [0.4, 0.5) is 0 Å². The van der Waals surface area contributed by atoms with E-state index in [-0.39, 0.29) is 17.3 Å². The number of thiophene rings is 1. The van der Waals surface area contributed by atoms with E-state index in [4.69, 9.17) is 0 Å². The maximum Gasteiger partial charge on any atom is 0.219 e. The Balaban J connectivity index is 2.34. The molecule has 24 heavy (non-hydrogen) atoms. The van der Waals surface area contributed by atoms with Gasteiger partial charge in [0.05, 0.1) is 4.90 Å². The highest BCUT2D eigenvalue weighted by Crippen LogP contribution is 2.32. The summed E-state index contributed by atoms with van der Waals surface area (Å²) in [5.41, 5.74) is 1.10. The topological polar surface area (TPSA) is 63.2 Å². The van der Waals surface area contributed by atoms with Crippen molar-refractivity contribution in [1.29, 1.82) is 0 Å². The van der Waals surface area contributed by atoms with Crippen molar-refractivity contribution < 1.29 is 13.2 Å². The maximum atomic E-state index is 13.1. The van der Waals surface area contributed by atoms with Crippen LogP contribution in [0.25, 0.3) is 0 Å². The van der Waals surface area contributed by atoms with Crippen molar-refractivity contribution >= 4 is 27.1 Å². The SMILES string of the molecule is CCC(=O)NC[C@@H](c1cccs1)S(=O)(=O)c1ccc(C(C)C)cc1. The Morgan fingerprint density at radius 1 is 1.17 bits per heavy atom. The Bertz CT molecular complexity index is 763. The maximum absolute atomic E-state index is 13.1. The van der Waals surface area contributed by atoms with Gasteiger partial charge in [-0.15, -0.1) is 11.3 Å². The number of carbonyl (C=O) groups excluding carboxylic acids is 1. The number of hydrogen-bond donors (Lipinski definition) is 1. The van der Waals surface area contributed by atoms with Crippen molar-refractivity contribution in [2.75, 3.05) is 6.54 Å². The van der Waals surface area contributed by atoms with Crippen molar-refractivity contribution in [2.24, 2.45) is 0 Å². The summed E-state index contributed by atoms with van der Waals surface area (Å²) in [6.45, 7) is 5.96. The second kappa shape index (κ2) is 7.94. The first-order valence-electron chi connectivity index (χ1n) is 8.00. The molecule has 2 aromatic rings. The molecule has 0 radical (unpaired) electrons. The van der Waals surface area contributed by atoms with Gasteiger partial charge in [-0.3, -0.25) is 4.79 Å². The fourth-order valence-corrected chi connectivity index (χ4v) is 5.16. The van der Waals surface area contributed by atoms with Crippen LogP contribution < -0.4 is 5.32 Å². The van der Waals surface area contributed by atoms with Gasteiger partial charge >= 0.3 is 0 Å². The number of benzene rings is 1. The number of rotatable bonds is 7. The van der Waals surface area contributed by atoms with E-state index in [2.05, 4.69) is 19.2 Å². The molecule has 1 atom stereocenters. The average Bonchev–Trinajstić information content (AvgIpc) is 3.08. The minimum absolute atomic E-state index is 0.0848. The van der Waals surface area contributed by atoms with E-state index in [1.165, 1.54) is 11.3 Å². The predicted octanol–water partition coefficient (Wildman–Crippen LogP) is 3.91. The Labute approximate surface area is 147 Å². The van der Waals surface area contributed by atoms with Crippen LogP contribution in [0.2, 0.25) is 0 Å². The molecule has 1 aromatic heterocycles. The van der Waals surface area contributed by atoms with Gasteiger partial charge in [-0.25, -0.2) is 8.42 Å². The molecule has 0 bridgehead atoms. The van der Waals surface area contributed by atoms with Crippen molar-refractivity contribution in [3.63, 3.8) is 0 Å². The van der Waals surface area contributed by atoms with Crippen LogP contribution in [0.3, 0.4) is 0 Å². The molecule has 6 heteroatoms. The molecule has 0 saturated carbocycles. The molecule has 1 N–H and O–H groups in total. The summed E-state index contributed by atoms with van der Waals surface area (Å²) in [4.78, 5) is 12.6. The Morgan fingerprint density at radius 2 is 1.83 bits per heavy atom. The van der Waals surface area contributed by atoms with Crippen LogP contribution in [0.15, 0.2) is 46.7 Å². The second-order valence-electron chi connectivity index (χ2n) is 5.93. The predicted molar refractivity (Wildman–Crippen MR) is 98.1 cm³/mol. The highest BCUT2D eigenvalue weighted by Gasteiger charge is 2.30. The molecule has 2 rings (SSSR count). The summed E-state index contributed by atoms with van der Waals surface area (Å²) in [6.07, 6.45) is 0.334. The van der Waals surface area contributed by atoms with Gasteiger partial charge in [0.1, 0.15) is 5.25 Å². The lowest BCUT2D eigenvalue weighted by molar-refractivity contribution is -0.120. The molecule has 4 nitrogen and oxygen atoms in total. The summed E-state index contributed by atoms with van der Waals surface area (Å²) in [7, 11) is -3.57. The molecule has 1 aromatic carbocycles. The lowest BCUT2D eigenvalue weighted by atomic mass is 10.0. The van der Waals surface area contributed by atoms with E-state index in [1.807, 2.05) is 23.6 Å². The quantitative estimate of drug-likeness (QED) is 0.809. The van der Waals surface area contributed by atoms with E-state index in [9.17, 15) is 13.2 Å². The molecular formula is C18H23NO3S2. The third kappa shape index (κ3) is 4.24. The largest absolute Gasteiger partial charge is 0.354 e. The summed E-state index contributed by atoms with van der Waals surface area (Å²) in [6, 6.07) is 10.7. The zero-order valence-corrected chi connectivity index (χ0v) is 15.8. The molecule has 0 spiro atoms. The zero-order valence-electron chi connectivity index (χ0n) is 14.2. The third-order valence-corrected chi connectivity index (χ3v) is 7.15. The van der Waals surface area contributed by atoms with Crippen LogP contribution in [-0.4, -0.2) is 20.9 Å². The first-order chi connectivity index (χ1) is 11.4. The van der Waals surface area contributed by atoms with E-state index in [0.29, 0.717) is 12.3 Å². The first kappa shape index (κ1) is 18.7. The highest BCUT2D eigenvalue weighted by atomic mass is 32.2. The fraction of sp³-hybridized carbons (Fsp3) is 0.389. The van der Waals surface area contributed by atoms with E-state index >= 15 is 0 Å². The molecule has 0 fully saturated rings. The molecule has 0 saturated heterocycles. The molecule has 0 aliphatic rings. The van der Waals surface area contributed by atoms with E-state index in [1.54, 1.807) is 25.1 Å². The molecule has 130 valence electrons. The molecule has 1 amide bonds. The molecular weight excluding hydrogens is 342 g/mol. The normalized spacial score (nSPS) is 13.0. The van der Waals surface area contributed by atoms with Gasteiger partial charge in [-0.05, 0) is 35.1 Å². The third-order valence-electron chi connectivity index (χ3n) is 3.92. The van der Waals surface area contributed by atoms with Crippen LogP contribution in [0, 0.1) is 0 Å². The zero-order chi connectivity index (χ0) is 17.7. The van der Waals surface area contributed by atoms with Gasteiger partial charge in [-0.2, -0.15) is 0 Å². The Kier molecular flexibility index (Phi) is 6.18. The fourth-order valence-electron chi connectivity index (χ4n) is 2.38. The second-order valence-corrected chi connectivity index (χ2v) is 9.04. The lowest BCUT2D eigenvalue weighted by Crippen LogP contribution is -2.31. The van der Waals surface area contributed by atoms with Gasteiger partial charge < -0.3 is 5.32 Å². The number of nitrogens with one attached hydrogen (secondary N) is 1. The smallest absolute Gasteiger partial charge is 0.219 e. The summed E-state index contributed by atoms with van der Waals surface area (Å²) in [5, 5.41) is 3.80. The summed E-state index contributed by atoms with van der Waals surface area (Å²) in [5.74, 6) is 0.195. The standard InChI is InChI=1S/C18H23NO3S2/c1-4-18(20)19-12-17(16-6-5-11-23-16)24(21,22)15-9-7-14(8-10-15)13(2)3/h5-11,13,17H,4,12H2,1-3H3,(H,19,20)/t17-/m0/s1. The molecule has 0 aliphatic heterocycles. The van der Waals surface area contributed by atoms with Gasteiger partial charge in [0, 0.05) is 17.8 Å². The van der Waals surface area contributed by atoms with Crippen LogP contribution in [-0.2, 0) is 14.6 Å². The van der Waals surface area contributed by atoms with Crippen LogP contribution in [0.5, 0.6) is 0 Å². The molecule has 1 heterocycles. The van der Waals surface area contributed by atoms with Crippen molar-refractivity contribution in [1.82, 2.24) is 5.32 Å². The van der Waals surface area contributed by atoms with Crippen molar-refractivity contribution in [2.45, 2.75) is 43.3 Å². The van der Waals surface area contributed by atoms with Crippen molar-refractivity contribution in [3.05, 3.63) is 52.2 Å². The monoisotopic (exact) mass is 365 g/mol.